The summed E-state index contributed by atoms with van der Waals surface area (Å²) in [6, 6.07) is 22.9. The van der Waals surface area contributed by atoms with E-state index < -0.39 is 17.6 Å². The number of hydrogen-bond donors (Lipinski definition) is 2. The topological polar surface area (TPSA) is 89.0 Å². The zero-order chi connectivity index (χ0) is 23.4. The van der Waals surface area contributed by atoms with Crippen LogP contribution < -0.4 is 10.9 Å². The summed E-state index contributed by atoms with van der Waals surface area (Å²) in [5, 5.41) is 0. The molecular formula is C26H25N3O4. The molecule has 0 aliphatic carbocycles. The van der Waals surface area contributed by atoms with Crippen molar-refractivity contribution in [2.75, 3.05) is 12.5 Å². The number of benzene rings is 3. The second-order valence-electron chi connectivity index (χ2n) is 7.97. The molecule has 0 unspecified atom stereocenters. The Bertz CT molecular complexity index is 1210. The first-order chi connectivity index (χ1) is 15.9. The van der Waals surface area contributed by atoms with E-state index in [9.17, 15) is 9.59 Å². The van der Waals surface area contributed by atoms with E-state index in [1.807, 2.05) is 80.6 Å². The van der Waals surface area contributed by atoms with E-state index in [4.69, 9.17) is 9.73 Å². The number of anilines is 1. The van der Waals surface area contributed by atoms with Gasteiger partial charge in [0.25, 0.3) is 0 Å². The van der Waals surface area contributed by atoms with Gasteiger partial charge < -0.3 is 9.47 Å². The molecule has 3 aromatic rings. The minimum Gasteiger partial charge on any atom is -0.452 e. The Morgan fingerprint density at radius 2 is 1.76 bits per heavy atom. The molecule has 0 bridgehead atoms. The van der Waals surface area contributed by atoms with Crippen molar-refractivity contribution >= 4 is 23.6 Å². The van der Waals surface area contributed by atoms with E-state index in [0.29, 0.717) is 18.0 Å². The summed E-state index contributed by atoms with van der Waals surface area (Å²) in [6.45, 7) is 3.90. The largest absolute Gasteiger partial charge is 0.452 e. The zero-order valence-corrected chi connectivity index (χ0v) is 18.7. The van der Waals surface area contributed by atoms with Crippen molar-refractivity contribution in [3.05, 3.63) is 101 Å². The molecule has 0 aromatic heterocycles. The van der Waals surface area contributed by atoms with E-state index in [-0.39, 0.29) is 0 Å². The number of aliphatic imine (C=N–C) groups is 1. The minimum absolute atomic E-state index is 0.310. The van der Waals surface area contributed by atoms with Gasteiger partial charge in [-0.05, 0) is 54.8 Å². The van der Waals surface area contributed by atoms with Crippen LogP contribution in [0.4, 0.5) is 10.5 Å². The Labute approximate surface area is 192 Å². The lowest BCUT2D eigenvalue weighted by Crippen LogP contribution is -2.34. The number of nitrogens with zero attached hydrogens (tertiary/aromatic N) is 1. The summed E-state index contributed by atoms with van der Waals surface area (Å²) >= 11 is 0. The van der Waals surface area contributed by atoms with Crippen molar-refractivity contribution in [3.8, 4) is 0 Å². The van der Waals surface area contributed by atoms with Crippen LogP contribution in [0.15, 0.2) is 77.8 Å². The van der Waals surface area contributed by atoms with Crippen molar-refractivity contribution in [3.63, 3.8) is 0 Å². The molecule has 7 nitrogen and oxygen atoms in total. The molecule has 3 aromatic carbocycles. The van der Waals surface area contributed by atoms with E-state index in [2.05, 4.69) is 15.6 Å². The van der Waals surface area contributed by atoms with Gasteiger partial charge in [0.15, 0.2) is 5.54 Å². The summed E-state index contributed by atoms with van der Waals surface area (Å²) in [7, 11) is 1.29. The molecule has 1 amide bonds. The number of amides is 1. The number of nitrogens with one attached hydrogen (secondary N) is 2. The molecule has 1 heterocycles. The van der Waals surface area contributed by atoms with Crippen LogP contribution in [0.25, 0.3) is 0 Å². The molecular weight excluding hydrogens is 418 g/mol. The van der Waals surface area contributed by atoms with Crippen molar-refractivity contribution in [2.45, 2.75) is 25.8 Å². The van der Waals surface area contributed by atoms with Crippen LogP contribution in [0.5, 0.6) is 0 Å². The van der Waals surface area contributed by atoms with Gasteiger partial charge in [-0.2, -0.15) is 0 Å². The number of carbonyl (C=O) groups is 2. The van der Waals surface area contributed by atoms with Gasteiger partial charge in [0.1, 0.15) is 0 Å². The normalized spacial score (nSPS) is 17.2. The number of carbonyl (C=O) groups excluding carboxylic acids is 2. The van der Waals surface area contributed by atoms with Crippen molar-refractivity contribution in [2.24, 2.45) is 4.99 Å². The van der Waals surface area contributed by atoms with E-state index in [0.717, 1.165) is 27.8 Å². The number of aryl methyl sites for hydroxylation is 2. The quantitative estimate of drug-likeness (QED) is 0.435. The monoisotopic (exact) mass is 443 g/mol. The minimum atomic E-state index is -1.22. The summed E-state index contributed by atoms with van der Waals surface area (Å²) in [5.41, 5.74) is 9.04. The first-order valence-electron chi connectivity index (χ1n) is 10.6. The number of hydrogen-bond acceptors (Lipinski definition) is 6. The molecule has 1 aliphatic rings. The number of methoxy groups -OCH3 is 1. The molecule has 2 N–H and O–H groups in total. The highest BCUT2D eigenvalue weighted by atomic mass is 16.6. The number of cyclic esters (lactones) is 1. The molecule has 1 atom stereocenters. The summed E-state index contributed by atoms with van der Waals surface area (Å²) in [4.78, 5) is 29.7. The fourth-order valence-electron chi connectivity index (χ4n) is 3.88. The molecule has 0 radical (unpaired) electrons. The van der Waals surface area contributed by atoms with Gasteiger partial charge in [-0.15, -0.1) is 0 Å². The van der Waals surface area contributed by atoms with E-state index in [1.165, 1.54) is 7.11 Å². The second kappa shape index (κ2) is 9.16. The van der Waals surface area contributed by atoms with Gasteiger partial charge in [-0.25, -0.2) is 20.0 Å². The average Bonchev–Trinajstić information content (AvgIpc) is 3.15. The van der Waals surface area contributed by atoms with Crippen molar-refractivity contribution in [1.29, 1.82) is 0 Å². The maximum Gasteiger partial charge on any atom is 0.425 e. The van der Waals surface area contributed by atoms with Crippen LogP contribution in [-0.2, 0) is 26.2 Å². The lowest BCUT2D eigenvalue weighted by Gasteiger charge is -2.25. The molecule has 168 valence electrons. The predicted molar refractivity (Wildman–Crippen MR) is 126 cm³/mol. The third kappa shape index (κ3) is 4.57. The van der Waals surface area contributed by atoms with Gasteiger partial charge >= 0.3 is 12.1 Å². The Morgan fingerprint density at radius 3 is 2.42 bits per heavy atom. The SMILES string of the molecule is COC(=O)NNc1ccc([C@@]2(Cc3ccccc3)N=C(c3ccc(C)cc3)OC2=O)c(C)c1. The van der Waals surface area contributed by atoms with Crippen LogP contribution in [0.1, 0.15) is 27.8 Å². The van der Waals surface area contributed by atoms with E-state index >= 15 is 0 Å². The average molecular weight is 444 g/mol. The lowest BCUT2D eigenvalue weighted by atomic mass is 9.82. The first kappa shape index (κ1) is 22.1. The summed E-state index contributed by atoms with van der Waals surface area (Å²) in [5.74, 6) is -0.108. The fourth-order valence-corrected chi connectivity index (χ4v) is 3.88. The number of esters is 1. The Hall–Kier alpha value is -4.13. The molecule has 0 saturated carbocycles. The molecule has 7 heteroatoms. The van der Waals surface area contributed by atoms with Gasteiger partial charge in [0, 0.05) is 12.0 Å². The number of rotatable bonds is 6. The van der Waals surface area contributed by atoms with Crippen molar-refractivity contribution in [1.82, 2.24) is 5.43 Å². The second-order valence-corrected chi connectivity index (χ2v) is 7.97. The third-order valence-electron chi connectivity index (χ3n) is 5.59. The van der Waals surface area contributed by atoms with Gasteiger partial charge in [-0.3, -0.25) is 5.43 Å². The Morgan fingerprint density at radius 1 is 1.03 bits per heavy atom. The highest BCUT2D eigenvalue weighted by Crippen LogP contribution is 2.39. The van der Waals surface area contributed by atoms with Crippen molar-refractivity contribution < 1.29 is 19.1 Å². The molecule has 0 spiro atoms. The molecule has 33 heavy (non-hydrogen) atoms. The van der Waals surface area contributed by atoms with Gasteiger partial charge in [-0.1, -0.05) is 54.1 Å². The van der Waals surface area contributed by atoms with Crippen LogP contribution >= 0.6 is 0 Å². The van der Waals surface area contributed by atoms with Crippen LogP contribution in [-0.4, -0.2) is 25.1 Å². The maximum atomic E-state index is 13.4. The number of hydrazine groups is 1. The van der Waals surface area contributed by atoms with Crippen LogP contribution in [0.2, 0.25) is 0 Å². The lowest BCUT2D eigenvalue weighted by molar-refractivity contribution is -0.139. The Kier molecular flexibility index (Phi) is 6.13. The molecule has 0 fully saturated rings. The summed E-state index contributed by atoms with van der Waals surface area (Å²) in [6.07, 6.45) is -0.250. The van der Waals surface area contributed by atoms with E-state index in [1.54, 1.807) is 6.07 Å². The fraction of sp³-hybridized carbons (Fsp3) is 0.192. The third-order valence-corrected chi connectivity index (χ3v) is 5.59. The summed E-state index contributed by atoms with van der Waals surface area (Å²) < 4.78 is 10.3. The Balaban J connectivity index is 1.76. The molecule has 0 saturated heterocycles. The zero-order valence-electron chi connectivity index (χ0n) is 18.7. The highest BCUT2D eigenvalue weighted by molar-refractivity contribution is 6.08. The number of ether oxygens (including phenoxy) is 2. The smallest absolute Gasteiger partial charge is 0.425 e. The van der Waals surface area contributed by atoms with Crippen LogP contribution in [0.3, 0.4) is 0 Å². The molecule has 1 aliphatic heterocycles. The van der Waals surface area contributed by atoms with Gasteiger partial charge in [0.05, 0.1) is 12.8 Å². The standard InChI is InChI=1S/C26H25N3O4/c1-17-9-11-20(12-10-17)23-27-26(24(30)33-23,16-19-7-5-4-6-8-19)22-14-13-21(15-18(22)2)28-29-25(31)32-3/h4-15,28H,16H2,1-3H3,(H,29,31)/t26-/m1/s1. The maximum absolute atomic E-state index is 13.4. The predicted octanol–water partition coefficient (Wildman–Crippen LogP) is 4.43. The van der Waals surface area contributed by atoms with Gasteiger partial charge in [0.2, 0.25) is 5.90 Å². The highest BCUT2D eigenvalue weighted by Gasteiger charge is 2.48. The first-order valence-corrected chi connectivity index (χ1v) is 10.6. The van der Waals surface area contributed by atoms with Crippen LogP contribution in [0, 0.1) is 13.8 Å². The molecule has 4 rings (SSSR count).